The van der Waals surface area contributed by atoms with Crippen molar-refractivity contribution in [2.45, 2.75) is 0 Å². The highest BCUT2D eigenvalue weighted by Crippen LogP contribution is 2.05. The van der Waals surface area contributed by atoms with Crippen LogP contribution in [0.3, 0.4) is 0 Å². The molecule has 0 unspecified atom stereocenters. The van der Waals surface area contributed by atoms with Gasteiger partial charge in [0.25, 0.3) is 5.91 Å². The normalized spacial score (nSPS) is 14.6. The molecule has 1 heterocycles. The van der Waals surface area contributed by atoms with Gasteiger partial charge in [-0.25, -0.2) is 4.39 Å². The minimum atomic E-state index is -0.551. The summed E-state index contributed by atoms with van der Waals surface area (Å²) in [4.78, 5) is 23.1. The zero-order valence-electron chi connectivity index (χ0n) is 10.4. The number of nitrogens with one attached hydrogen (secondary N) is 3. The molecule has 0 bridgehead atoms. The molecule has 1 aliphatic heterocycles. The van der Waals surface area contributed by atoms with E-state index in [1.807, 2.05) is 0 Å². The molecule has 0 saturated carbocycles. The summed E-state index contributed by atoms with van der Waals surface area (Å²) in [5.41, 5.74) is 0.0111. The van der Waals surface area contributed by atoms with Gasteiger partial charge in [0.15, 0.2) is 0 Å². The molecule has 5 nitrogen and oxygen atoms in total. The van der Waals surface area contributed by atoms with Crippen LogP contribution in [0, 0.1) is 11.7 Å². The van der Waals surface area contributed by atoms with Crippen molar-refractivity contribution in [3.63, 3.8) is 0 Å². The maximum absolute atomic E-state index is 13.3. The summed E-state index contributed by atoms with van der Waals surface area (Å²) in [7, 11) is 0. The molecule has 1 aromatic rings. The highest BCUT2D eigenvalue weighted by atomic mass is 19.1. The summed E-state index contributed by atoms with van der Waals surface area (Å²) in [6.07, 6.45) is 0. The average Bonchev–Trinajstić information content (AvgIpc) is 2.33. The second-order valence-corrected chi connectivity index (χ2v) is 4.38. The van der Waals surface area contributed by atoms with Crippen molar-refractivity contribution in [2.75, 3.05) is 26.2 Å². The summed E-state index contributed by atoms with van der Waals surface area (Å²) in [5, 5.41) is 8.29. The fourth-order valence-corrected chi connectivity index (χ4v) is 1.72. The smallest absolute Gasteiger partial charge is 0.254 e. The first-order valence-corrected chi connectivity index (χ1v) is 6.19. The fourth-order valence-electron chi connectivity index (χ4n) is 1.72. The number of amides is 2. The van der Waals surface area contributed by atoms with Crippen LogP contribution in [-0.4, -0.2) is 38.0 Å². The van der Waals surface area contributed by atoms with Gasteiger partial charge in [-0.1, -0.05) is 12.1 Å². The minimum Gasteiger partial charge on any atom is -0.354 e. The first kappa shape index (κ1) is 13.5. The molecule has 0 radical (unpaired) electrons. The summed E-state index contributed by atoms with van der Waals surface area (Å²) in [5.74, 6) is -1.01. The van der Waals surface area contributed by atoms with Crippen molar-refractivity contribution in [3.05, 3.63) is 35.6 Å². The maximum Gasteiger partial charge on any atom is 0.254 e. The number of halogens is 1. The van der Waals surface area contributed by atoms with E-state index in [0.29, 0.717) is 19.6 Å². The van der Waals surface area contributed by atoms with Gasteiger partial charge in [-0.3, -0.25) is 9.59 Å². The summed E-state index contributed by atoms with van der Waals surface area (Å²) in [6, 6.07) is 5.78. The van der Waals surface area contributed by atoms with E-state index < -0.39 is 11.7 Å². The van der Waals surface area contributed by atoms with Gasteiger partial charge in [0.2, 0.25) is 5.91 Å². The Morgan fingerprint density at radius 1 is 1.21 bits per heavy atom. The van der Waals surface area contributed by atoms with E-state index in [-0.39, 0.29) is 23.9 Å². The molecule has 2 rings (SSSR count). The Labute approximate surface area is 110 Å². The molecule has 0 aliphatic carbocycles. The quantitative estimate of drug-likeness (QED) is 0.651. The first-order chi connectivity index (χ1) is 9.18. The van der Waals surface area contributed by atoms with Gasteiger partial charge in [-0.2, -0.15) is 0 Å². The van der Waals surface area contributed by atoms with E-state index in [1.165, 1.54) is 18.2 Å². The van der Waals surface area contributed by atoms with Gasteiger partial charge >= 0.3 is 0 Å². The monoisotopic (exact) mass is 265 g/mol. The van der Waals surface area contributed by atoms with Crippen LogP contribution in [0.1, 0.15) is 10.4 Å². The predicted molar refractivity (Wildman–Crippen MR) is 68.1 cm³/mol. The lowest BCUT2D eigenvalue weighted by Crippen LogP contribution is -2.51. The van der Waals surface area contributed by atoms with E-state index in [9.17, 15) is 14.0 Å². The molecule has 1 fully saturated rings. The maximum atomic E-state index is 13.3. The number of carbonyl (C=O) groups is 2. The van der Waals surface area contributed by atoms with Gasteiger partial charge in [-0.05, 0) is 12.1 Å². The zero-order valence-corrected chi connectivity index (χ0v) is 10.4. The number of rotatable bonds is 5. The Morgan fingerprint density at radius 3 is 2.53 bits per heavy atom. The lowest BCUT2D eigenvalue weighted by Gasteiger charge is -2.25. The largest absolute Gasteiger partial charge is 0.354 e. The van der Waals surface area contributed by atoms with Gasteiger partial charge in [0.05, 0.1) is 11.5 Å². The highest BCUT2D eigenvalue weighted by molar-refractivity contribution is 5.94. The molecule has 3 N–H and O–H groups in total. The SMILES string of the molecule is O=C(NCCNC(=O)C1CNC1)c1ccccc1F. The van der Waals surface area contributed by atoms with E-state index in [2.05, 4.69) is 16.0 Å². The van der Waals surface area contributed by atoms with Crippen LogP contribution in [0.15, 0.2) is 24.3 Å². The second-order valence-electron chi connectivity index (χ2n) is 4.38. The van der Waals surface area contributed by atoms with Crippen LogP contribution >= 0.6 is 0 Å². The molecule has 6 heteroatoms. The van der Waals surface area contributed by atoms with Crippen LogP contribution in [0.4, 0.5) is 4.39 Å². The van der Waals surface area contributed by atoms with E-state index in [0.717, 1.165) is 0 Å². The van der Waals surface area contributed by atoms with Gasteiger partial charge in [-0.15, -0.1) is 0 Å². The molecule has 1 saturated heterocycles. The van der Waals surface area contributed by atoms with E-state index in [4.69, 9.17) is 0 Å². The zero-order chi connectivity index (χ0) is 13.7. The summed E-state index contributed by atoms with van der Waals surface area (Å²) < 4.78 is 13.3. The third-order valence-electron chi connectivity index (χ3n) is 2.98. The molecule has 1 aromatic carbocycles. The molecular weight excluding hydrogens is 249 g/mol. The fraction of sp³-hybridized carbons (Fsp3) is 0.385. The van der Waals surface area contributed by atoms with Crippen LogP contribution < -0.4 is 16.0 Å². The van der Waals surface area contributed by atoms with Gasteiger partial charge < -0.3 is 16.0 Å². The molecule has 2 amide bonds. The molecule has 1 aliphatic rings. The number of carbonyl (C=O) groups excluding carboxylic acids is 2. The van der Waals surface area contributed by atoms with Crippen LogP contribution in [0.25, 0.3) is 0 Å². The van der Waals surface area contributed by atoms with Gasteiger partial charge in [0, 0.05) is 26.2 Å². The Bertz CT molecular complexity index is 475. The lowest BCUT2D eigenvalue weighted by molar-refractivity contribution is -0.126. The van der Waals surface area contributed by atoms with Crippen molar-refractivity contribution >= 4 is 11.8 Å². The molecule has 19 heavy (non-hydrogen) atoms. The number of hydrogen-bond donors (Lipinski definition) is 3. The number of hydrogen-bond acceptors (Lipinski definition) is 3. The summed E-state index contributed by atoms with van der Waals surface area (Å²) >= 11 is 0. The molecule has 0 atom stereocenters. The van der Waals surface area contributed by atoms with Crippen molar-refractivity contribution in [1.29, 1.82) is 0 Å². The third-order valence-corrected chi connectivity index (χ3v) is 2.98. The van der Waals surface area contributed by atoms with E-state index in [1.54, 1.807) is 6.07 Å². The topological polar surface area (TPSA) is 70.2 Å². The standard InChI is InChI=1S/C13H16FN3O2/c14-11-4-2-1-3-10(11)13(19)17-6-5-16-12(18)9-7-15-8-9/h1-4,9,15H,5-8H2,(H,16,18)(H,17,19). The van der Waals surface area contributed by atoms with Crippen molar-refractivity contribution in [1.82, 2.24) is 16.0 Å². The molecule has 0 spiro atoms. The molecular formula is C13H16FN3O2. The number of benzene rings is 1. The predicted octanol–water partition coefficient (Wildman–Crippen LogP) is -0.109. The summed E-state index contributed by atoms with van der Waals surface area (Å²) in [6.45, 7) is 2.02. The van der Waals surface area contributed by atoms with Crippen molar-refractivity contribution in [2.24, 2.45) is 5.92 Å². The van der Waals surface area contributed by atoms with Crippen LogP contribution in [0.5, 0.6) is 0 Å². The molecule has 0 aromatic heterocycles. The lowest BCUT2D eigenvalue weighted by atomic mass is 10.0. The van der Waals surface area contributed by atoms with Crippen molar-refractivity contribution < 1.29 is 14.0 Å². The average molecular weight is 265 g/mol. The minimum absolute atomic E-state index is 0.0111. The highest BCUT2D eigenvalue weighted by Gasteiger charge is 2.24. The van der Waals surface area contributed by atoms with Crippen molar-refractivity contribution in [3.8, 4) is 0 Å². The van der Waals surface area contributed by atoms with Crippen LogP contribution in [-0.2, 0) is 4.79 Å². The van der Waals surface area contributed by atoms with Crippen LogP contribution in [0.2, 0.25) is 0 Å². The van der Waals surface area contributed by atoms with Gasteiger partial charge in [0.1, 0.15) is 5.82 Å². The first-order valence-electron chi connectivity index (χ1n) is 6.19. The Hall–Kier alpha value is -1.95. The Balaban J connectivity index is 1.69. The molecule has 102 valence electrons. The Morgan fingerprint density at radius 2 is 1.89 bits per heavy atom. The second kappa shape index (κ2) is 6.29. The van der Waals surface area contributed by atoms with E-state index >= 15 is 0 Å². The Kier molecular flexibility index (Phi) is 4.46. The third kappa shape index (κ3) is 3.51.